The molecule has 6 heteroatoms. The van der Waals surface area contributed by atoms with Crippen molar-refractivity contribution in [2.75, 3.05) is 20.3 Å². The van der Waals surface area contributed by atoms with Crippen LogP contribution in [0.5, 0.6) is 11.5 Å². The molecule has 0 saturated heterocycles. The van der Waals surface area contributed by atoms with Gasteiger partial charge in [-0.05, 0) is 66.9 Å². The Morgan fingerprint density at radius 2 is 1.77 bits per heavy atom. The molecular formula is C25H28N2O4. The summed E-state index contributed by atoms with van der Waals surface area (Å²) in [6.07, 6.45) is 3.86. The molecule has 1 aromatic heterocycles. The monoisotopic (exact) mass is 420 g/mol. The first kappa shape index (κ1) is 21.0. The number of nitrogens with one attached hydrogen (secondary N) is 1. The van der Waals surface area contributed by atoms with Gasteiger partial charge in [-0.15, -0.1) is 0 Å². The van der Waals surface area contributed by atoms with Crippen LogP contribution in [0.1, 0.15) is 34.5 Å². The van der Waals surface area contributed by atoms with Crippen molar-refractivity contribution in [1.82, 2.24) is 10.2 Å². The van der Waals surface area contributed by atoms with E-state index in [-0.39, 0.29) is 5.91 Å². The molecule has 4 rings (SSSR count). The number of ether oxygens (including phenoxy) is 2. The largest absolute Gasteiger partial charge is 0.497 e. The molecule has 1 N–H and O–H groups in total. The van der Waals surface area contributed by atoms with Gasteiger partial charge in [0.15, 0.2) is 0 Å². The van der Waals surface area contributed by atoms with Crippen molar-refractivity contribution in [2.45, 2.75) is 32.0 Å². The number of carbonyl (C=O) groups is 1. The van der Waals surface area contributed by atoms with Gasteiger partial charge in [0.25, 0.3) is 5.91 Å². The van der Waals surface area contributed by atoms with E-state index >= 15 is 0 Å². The average molecular weight is 421 g/mol. The lowest BCUT2D eigenvalue weighted by Gasteiger charge is -2.21. The van der Waals surface area contributed by atoms with Crippen LogP contribution in [0.25, 0.3) is 0 Å². The molecule has 1 saturated carbocycles. The second-order valence-corrected chi connectivity index (χ2v) is 7.76. The molecule has 0 bridgehead atoms. The average Bonchev–Trinajstić information content (AvgIpc) is 3.46. The fourth-order valence-corrected chi connectivity index (χ4v) is 3.32. The first-order chi connectivity index (χ1) is 15.2. The van der Waals surface area contributed by atoms with Crippen LogP contribution in [0.4, 0.5) is 0 Å². The molecule has 0 radical (unpaired) electrons. The summed E-state index contributed by atoms with van der Waals surface area (Å²) in [5, 5.41) is 3.02. The van der Waals surface area contributed by atoms with Gasteiger partial charge in [-0.25, -0.2) is 0 Å². The third-order valence-corrected chi connectivity index (χ3v) is 5.23. The second-order valence-electron chi connectivity index (χ2n) is 7.76. The van der Waals surface area contributed by atoms with Gasteiger partial charge >= 0.3 is 0 Å². The Morgan fingerprint density at radius 3 is 2.42 bits per heavy atom. The van der Waals surface area contributed by atoms with E-state index in [1.807, 2.05) is 60.7 Å². The quantitative estimate of drug-likeness (QED) is 0.502. The molecular weight excluding hydrogens is 392 g/mol. The SMILES string of the molecule is COc1ccc(OCCN(Cc2ccc(C(=O)NC3CC3)cc2)Cc2ccco2)cc1. The summed E-state index contributed by atoms with van der Waals surface area (Å²) in [6, 6.07) is 19.6. The maximum Gasteiger partial charge on any atom is 0.251 e. The Balaban J connectivity index is 1.34. The van der Waals surface area contributed by atoms with Crippen molar-refractivity contribution >= 4 is 5.91 Å². The van der Waals surface area contributed by atoms with E-state index in [0.717, 1.165) is 48.8 Å². The molecule has 3 aromatic rings. The Kier molecular flexibility index (Phi) is 6.89. The smallest absolute Gasteiger partial charge is 0.251 e. The Morgan fingerprint density at radius 1 is 1.03 bits per heavy atom. The second kappa shape index (κ2) is 10.2. The number of nitrogens with zero attached hydrogens (tertiary/aromatic N) is 1. The molecule has 162 valence electrons. The first-order valence-corrected chi connectivity index (χ1v) is 10.6. The minimum Gasteiger partial charge on any atom is -0.497 e. The van der Waals surface area contributed by atoms with Gasteiger partial charge < -0.3 is 19.2 Å². The third-order valence-electron chi connectivity index (χ3n) is 5.23. The van der Waals surface area contributed by atoms with Gasteiger partial charge in [-0.1, -0.05) is 12.1 Å². The molecule has 0 aliphatic heterocycles. The standard InChI is InChI=1S/C25H28N2O4/c1-29-22-10-12-23(13-11-22)31-16-14-27(18-24-3-2-15-30-24)17-19-4-6-20(7-5-19)25(28)26-21-8-9-21/h2-7,10-13,15,21H,8-9,14,16-18H2,1H3,(H,26,28). The van der Waals surface area contributed by atoms with E-state index in [4.69, 9.17) is 13.9 Å². The van der Waals surface area contributed by atoms with Gasteiger partial charge in [-0.2, -0.15) is 0 Å². The topological polar surface area (TPSA) is 63.9 Å². The highest BCUT2D eigenvalue weighted by molar-refractivity contribution is 5.94. The summed E-state index contributed by atoms with van der Waals surface area (Å²) < 4.78 is 16.6. The summed E-state index contributed by atoms with van der Waals surface area (Å²) in [5.41, 5.74) is 1.84. The molecule has 0 spiro atoms. The van der Waals surface area contributed by atoms with Gasteiger partial charge in [0.05, 0.1) is 19.9 Å². The Bertz CT molecular complexity index is 948. The summed E-state index contributed by atoms with van der Waals surface area (Å²) in [7, 11) is 1.65. The van der Waals surface area contributed by atoms with Crippen molar-refractivity contribution in [3.8, 4) is 11.5 Å². The summed E-state index contributed by atoms with van der Waals surface area (Å²) in [6.45, 7) is 2.70. The number of hydrogen-bond donors (Lipinski definition) is 1. The van der Waals surface area contributed by atoms with E-state index < -0.39 is 0 Å². The minimum atomic E-state index is 0.00869. The highest BCUT2D eigenvalue weighted by Crippen LogP contribution is 2.20. The Hall–Kier alpha value is -3.25. The van der Waals surface area contributed by atoms with Crippen molar-refractivity contribution in [3.05, 3.63) is 83.8 Å². The number of amides is 1. The molecule has 1 aliphatic carbocycles. The van der Waals surface area contributed by atoms with Crippen LogP contribution in [0.15, 0.2) is 71.3 Å². The normalized spacial score (nSPS) is 13.2. The van der Waals surface area contributed by atoms with E-state index in [9.17, 15) is 4.79 Å². The predicted molar refractivity (Wildman–Crippen MR) is 118 cm³/mol. The fraction of sp³-hybridized carbons (Fsp3) is 0.320. The zero-order valence-corrected chi connectivity index (χ0v) is 17.8. The number of carbonyl (C=O) groups excluding carboxylic acids is 1. The highest BCUT2D eigenvalue weighted by atomic mass is 16.5. The number of benzene rings is 2. The molecule has 31 heavy (non-hydrogen) atoms. The van der Waals surface area contributed by atoms with Gasteiger partial charge in [0.2, 0.25) is 0 Å². The van der Waals surface area contributed by atoms with Crippen molar-refractivity contribution < 1.29 is 18.7 Å². The maximum absolute atomic E-state index is 12.2. The predicted octanol–water partition coefficient (Wildman–Crippen LogP) is 4.26. The van der Waals surface area contributed by atoms with Gasteiger partial charge in [-0.3, -0.25) is 9.69 Å². The van der Waals surface area contributed by atoms with Crippen LogP contribution >= 0.6 is 0 Å². The molecule has 1 aliphatic rings. The summed E-state index contributed by atoms with van der Waals surface area (Å²) in [4.78, 5) is 14.5. The zero-order valence-electron chi connectivity index (χ0n) is 17.8. The number of rotatable bonds is 11. The van der Waals surface area contributed by atoms with Crippen molar-refractivity contribution in [1.29, 1.82) is 0 Å². The van der Waals surface area contributed by atoms with E-state index in [0.29, 0.717) is 24.8 Å². The molecule has 2 aromatic carbocycles. The van der Waals surface area contributed by atoms with Crippen LogP contribution in [0, 0.1) is 0 Å². The Labute approximate surface area is 182 Å². The van der Waals surface area contributed by atoms with E-state index in [1.54, 1.807) is 13.4 Å². The molecule has 0 unspecified atom stereocenters. The molecule has 1 fully saturated rings. The lowest BCUT2D eigenvalue weighted by atomic mass is 10.1. The summed E-state index contributed by atoms with van der Waals surface area (Å²) >= 11 is 0. The lowest BCUT2D eigenvalue weighted by Crippen LogP contribution is -2.28. The fourth-order valence-electron chi connectivity index (χ4n) is 3.32. The first-order valence-electron chi connectivity index (χ1n) is 10.6. The third kappa shape index (κ3) is 6.36. The number of hydrogen-bond acceptors (Lipinski definition) is 5. The van der Waals surface area contributed by atoms with Crippen molar-refractivity contribution in [2.24, 2.45) is 0 Å². The molecule has 1 amide bonds. The van der Waals surface area contributed by atoms with E-state index in [2.05, 4.69) is 10.2 Å². The number of methoxy groups -OCH3 is 1. The molecule has 0 atom stereocenters. The molecule has 1 heterocycles. The minimum absolute atomic E-state index is 0.00869. The zero-order chi connectivity index (χ0) is 21.5. The number of furan rings is 1. The van der Waals surface area contributed by atoms with E-state index in [1.165, 1.54) is 0 Å². The maximum atomic E-state index is 12.2. The van der Waals surface area contributed by atoms with Crippen LogP contribution in [-0.2, 0) is 13.1 Å². The van der Waals surface area contributed by atoms with Crippen molar-refractivity contribution in [3.63, 3.8) is 0 Å². The van der Waals surface area contributed by atoms with Crippen LogP contribution in [0.2, 0.25) is 0 Å². The molecule has 6 nitrogen and oxygen atoms in total. The van der Waals surface area contributed by atoms with Gasteiger partial charge in [0.1, 0.15) is 23.9 Å². The van der Waals surface area contributed by atoms with Crippen LogP contribution in [-0.4, -0.2) is 37.1 Å². The lowest BCUT2D eigenvalue weighted by molar-refractivity contribution is 0.0951. The van der Waals surface area contributed by atoms with Crippen LogP contribution < -0.4 is 14.8 Å². The summed E-state index contributed by atoms with van der Waals surface area (Å²) in [5.74, 6) is 2.53. The van der Waals surface area contributed by atoms with Crippen LogP contribution in [0.3, 0.4) is 0 Å². The highest BCUT2D eigenvalue weighted by Gasteiger charge is 2.23. The van der Waals surface area contributed by atoms with Gasteiger partial charge in [0, 0.05) is 24.7 Å².